The van der Waals surface area contributed by atoms with Gasteiger partial charge in [0, 0.05) is 21.8 Å². The molecule has 0 aliphatic heterocycles. The standard InChI is InChI=1S/C17H17Cl2N5/c1-9-4-5-22-14-6-10(12-8-11(18)2-3-13(12)19)7-15(16(9)14)23-24-17(20)21/h2-5,8,10H,6-7H2,1H3,(H4,20,21,24)/b23-15-. The maximum absolute atomic E-state index is 6.38. The van der Waals surface area contributed by atoms with Gasteiger partial charge in [-0.05, 0) is 61.1 Å². The van der Waals surface area contributed by atoms with Gasteiger partial charge >= 0.3 is 0 Å². The van der Waals surface area contributed by atoms with Gasteiger partial charge in [-0.1, -0.05) is 23.2 Å². The number of nitrogens with two attached hydrogens (primary N) is 2. The summed E-state index contributed by atoms with van der Waals surface area (Å²) < 4.78 is 0. The van der Waals surface area contributed by atoms with E-state index < -0.39 is 0 Å². The molecule has 2 aromatic rings. The quantitative estimate of drug-likeness (QED) is 0.487. The lowest BCUT2D eigenvalue weighted by molar-refractivity contribution is 0.677. The van der Waals surface area contributed by atoms with E-state index in [9.17, 15) is 0 Å². The van der Waals surface area contributed by atoms with Crippen molar-refractivity contribution in [1.82, 2.24) is 4.98 Å². The number of hydrogen-bond donors (Lipinski definition) is 2. The van der Waals surface area contributed by atoms with Crippen molar-refractivity contribution < 1.29 is 0 Å². The second kappa shape index (κ2) is 6.79. The number of nitrogens with zero attached hydrogens (tertiary/aromatic N) is 3. The summed E-state index contributed by atoms with van der Waals surface area (Å²) in [6, 6.07) is 7.44. The number of fused-ring (bicyclic) bond motifs is 1. The van der Waals surface area contributed by atoms with Crippen molar-refractivity contribution >= 4 is 34.9 Å². The normalized spacial score (nSPS) is 18.3. The number of rotatable bonds is 2. The largest absolute Gasteiger partial charge is 0.369 e. The smallest absolute Gasteiger partial charge is 0.211 e. The lowest BCUT2D eigenvalue weighted by Gasteiger charge is -2.27. The minimum absolute atomic E-state index is 0.0755. The highest BCUT2D eigenvalue weighted by Crippen LogP contribution is 2.37. The Hall–Kier alpha value is -2.11. The first kappa shape index (κ1) is 16.7. The summed E-state index contributed by atoms with van der Waals surface area (Å²) in [5.74, 6) is 0.0412. The van der Waals surface area contributed by atoms with Crippen LogP contribution in [0.2, 0.25) is 10.0 Å². The molecular weight excluding hydrogens is 345 g/mol. The second-order valence-corrected chi connectivity index (χ2v) is 6.64. The van der Waals surface area contributed by atoms with E-state index >= 15 is 0 Å². The number of pyridine rings is 1. The fourth-order valence-electron chi connectivity index (χ4n) is 3.06. The van der Waals surface area contributed by atoms with Crippen LogP contribution in [0.3, 0.4) is 0 Å². The Morgan fingerprint density at radius 3 is 2.75 bits per heavy atom. The number of aromatic nitrogens is 1. The maximum atomic E-state index is 6.38. The van der Waals surface area contributed by atoms with Crippen molar-refractivity contribution in [2.24, 2.45) is 21.7 Å². The lowest BCUT2D eigenvalue weighted by atomic mass is 9.80. The number of hydrogen-bond acceptors (Lipinski definition) is 3. The van der Waals surface area contributed by atoms with Crippen LogP contribution >= 0.6 is 23.2 Å². The van der Waals surface area contributed by atoms with Crippen molar-refractivity contribution in [3.63, 3.8) is 0 Å². The molecule has 1 aromatic carbocycles. The van der Waals surface area contributed by atoms with E-state index in [0.29, 0.717) is 16.5 Å². The molecule has 5 nitrogen and oxygen atoms in total. The molecule has 0 radical (unpaired) electrons. The van der Waals surface area contributed by atoms with Crippen molar-refractivity contribution in [2.45, 2.75) is 25.7 Å². The van der Waals surface area contributed by atoms with Gasteiger partial charge in [0.15, 0.2) is 0 Å². The third-order valence-electron chi connectivity index (χ3n) is 4.09. The van der Waals surface area contributed by atoms with Gasteiger partial charge in [-0.2, -0.15) is 5.10 Å². The van der Waals surface area contributed by atoms with Gasteiger partial charge in [0.05, 0.1) is 11.4 Å². The van der Waals surface area contributed by atoms with Gasteiger partial charge in [0.25, 0.3) is 0 Å². The van der Waals surface area contributed by atoms with E-state index in [2.05, 4.69) is 15.2 Å². The van der Waals surface area contributed by atoms with Crippen LogP contribution in [0.5, 0.6) is 0 Å². The molecule has 0 fully saturated rings. The van der Waals surface area contributed by atoms with Crippen LogP contribution in [-0.2, 0) is 6.42 Å². The Morgan fingerprint density at radius 2 is 2.00 bits per heavy atom. The zero-order valence-corrected chi connectivity index (χ0v) is 14.6. The summed E-state index contributed by atoms with van der Waals surface area (Å²) in [5, 5.41) is 9.42. The van der Waals surface area contributed by atoms with Crippen LogP contribution in [0, 0.1) is 6.92 Å². The molecule has 1 heterocycles. The number of aryl methyl sites for hydroxylation is 1. The molecule has 24 heavy (non-hydrogen) atoms. The van der Waals surface area contributed by atoms with Gasteiger partial charge in [0.1, 0.15) is 0 Å². The van der Waals surface area contributed by atoms with Crippen molar-refractivity contribution in [3.8, 4) is 0 Å². The van der Waals surface area contributed by atoms with Gasteiger partial charge in [-0.15, -0.1) is 5.10 Å². The molecular formula is C17H17Cl2N5. The minimum Gasteiger partial charge on any atom is -0.369 e. The van der Waals surface area contributed by atoms with E-state index in [-0.39, 0.29) is 11.9 Å². The summed E-state index contributed by atoms with van der Waals surface area (Å²) in [5.41, 5.74) is 15.7. The zero-order chi connectivity index (χ0) is 17.3. The van der Waals surface area contributed by atoms with Gasteiger partial charge < -0.3 is 11.5 Å². The Kier molecular flexibility index (Phi) is 4.73. The maximum Gasteiger partial charge on any atom is 0.211 e. The second-order valence-electron chi connectivity index (χ2n) is 5.79. The first-order valence-corrected chi connectivity index (χ1v) is 8.26. The summed E-state index contributed by atoms with van der Waals surface area (Å²) in [7, 11) is 0. The van der Waals surface area contributed by atoms with E-state index in [1.165, 1.54) is 0 Å². The molecule has 0 bridgehead atoms. The topological polar surface area (TPSA) is 89.6 Å². The predicted octanol–water partition coefficient (Wildman–Crippen LogP) is 3.40. The van der Waals surface area contributed by atoms with Crippen LogP contribution < -0.4 is 11.5 Å². The molecule has 0 amide bonds. The van der Waals surface area contributed by atoms with Crippen molar-refractivity contribution in [1.29, 1.82) is 0 Å². The summed E-state index contributed by atoms with van der Waals surface area (Å²) >= 11 is 12.5. The summed E-state index contributed by atoms with van der Waals surface area (Å²) in [4.78, 5) is 4.52. The molecule has 7 heteroatoms. The van der Waals surface area contributed by atoms with E-state index in [4.69, 9.17) is 34.7 Å². The fourth-order valence-corrected chi connectivity index (χ4v) is 3.51. The van der Waals surface area contributed by atoms with E-state index in [1.54, 1.807) is 12.3 Å². The molecule has 124 valence electrons. The fraction of sp³-hybridized carbons (Fsp3) is 0.235. The average molecular weight is 362 g/mol. The Balaban J connectivity index is 2.10. The highest BCUT2D eigenvalue weighted by atomic mass is 35.5. The zero-order valence-electron chi connectivity index (χ0n) is 13.1. The molecule has 1 aliphatic rings. The van der Waals surface area contributed by atoms with Gasteiger partial charge in [0.2, 0.25) is 5.96 Å². The molecule has 1 unspecified atom stereocenters. The first-order valence-electron chi connectivity index (χ1n) is 7.51. The van der Waals surface area contributed by atoms with E-state index in [0.717, 1.165) is 34.5 Å². The average Bonchev–Trinajstić information content (AvgIpc) is 2.54. The SMILES string of the molecule is Cc1ccnc2c1/C(=N\N=C(N)N)CC(c1cc(Cl)ccc1Cl)C2. The third-order valence-corrected chi connectivity index (χ3v) is 4.67. The van der Waals surface area contributed by atoms with E-state index in [1.807, 2.05) is 25.1 Å². The molecule has 1 atom stereocenters. The Bertz CT molecular complexity index is 841. The van der Waals surface area contributed by atoms with Crippen LogP contribution in [-0.4, -0.2) is 16.7 Å². The molecule has 4 N–H and O–H groups in total. The van der Waals surface area contributed by atoms with Crippen LogP contribution in [0.25, 0.3) is 0 Å². The van der Waals surface area contributed by atoms with Gasteiger partial charge in [-0.25, -0.2) is 0 Å². The van der Waals surface area contributed by atoms with Crippen LogP contribution in [0.1, 0.15) is 34.7 Å². The van der Waals surface area contributed by atoms with Crippen LogP contribution in [0.15, 0.2) is 40.7 Å². The molecule has 1 aromatic heterocycles. The van der Waals surface area contributed by atoms with Crippen LogP contribution in [0.4, 0.5) is 0 Å². The van der Waals surface area contributed by atoms with Crippen molar-refractivity contribution in [3.05, 3.63) is 62.9 Å². The summed E-state index contributed by atoms with van der Waals surface area (Å²) in [6.45, 7) is 2.03. The highest BCUT2D eigenvalue weighted by molar-refractivity contribution is 6.33. The number of guanidine groups is 1. The minimum atomic E-state index is -0.0755. The first-order chi connectivity index (χ1) is 11.5. The lowest BCUT2D eigenvalue weighted by Crippen LogP contribution is -2.24. The highest BCUT2D eigenvalue weighted by Gasteiger charge is 2.28. The Labute approximate surface area is 150 Å². The third kappa shape index (κ3) is 3.37. The molecule has 3 rings (SSSR count). The number of halogens is 2. The Morgan fingerprint density at radius 1 is 1.21 bits per heavy atom. The molecule has 0 spiro atoms. The molecule has 0 saturated heterocycles. The predicted molar refractivity (Wildman–Crippen MR) is 98.8 cm³/mol. The molecule has 1 aliphatic carbocycles. The number of benzene rings is 1. The van der Waals surface area contributed by atoms with Gasteiger partial charge in [-0.3, -0.25) is 4.98 Å². The van der Waals surface area contributed by atoms with Crippen molar-refractivity contribution in [2.75, 3.05) is 0 Å². The summed E-state index contributed by atoms with van der Waals surface area (Å²) in [6.07, 6.45) is 3.22. The monoisotopic (exact) mass is 361 g/mol. The molecule has 0 saturated carbocycles.